The molecule has 21 heavy (non-hydrogen) atoms. The van der Waals surface area contributed by atoms with Crippen LogP contribution in [0.4, 0.5) is 0 Å². The van der Waals surface area contributed by atoms with Crippen molar-refractivity contribution in [3.63, 3.8) is 0 Å². The third-order valence-electron chi connectivity index (χ3n) is 4.88. The highest BCUT2D eigenvalue weighted by atomic mass is 16.5. The lowest BCUT2D eigenvalue weighted by Crippen LogP contribution is -2.53. The summed E-state index contributed by atoms with van der Waals surface area (Å²) >= 11 is 0. The molecule has 0 bridgehead atoms. The van der Waals surface area contributed by atoms with Crippen LogP contribution >= 0.6 is 0 Å². The first kappa shape index (κ1) is 16.2. The maximum Gasteiger partial charge on any atom is 0.137 e. The lowest BCUT2D eigenvalue weighted by molar-refractivity contribution is 0.0844. The van der Waals surface area contributed by atoms with E-state index in [1.165, 1.54) is 31.5 Å². The molecule has 1 saturated heterocycles. The van der Waals surface area contributed by atoms with Crippen molar-refractivity contribution >= 4 is 0 Å². The number of rotatable bonds is 7. The summed E-state index contributed by atoms with van der Waals surface area (Å²) in [5.41, 5.74) is 1.33. The number of hydrogen-bond acceptors (Lipinski definition) is 4. The van der Waals surface area contributed by atoms with Crippen LogP contribution in [0.1, 0.15) is 51.6 Å². The number of likely N-dealkylation sites (tertiary alicyclic amines) is 1. The van der Waals surface area contributed by atoms with Crippen LogP contribution < -0.4 is 10.1 Å². The SMILES string of the molecule is CCNC(c1cncc(OC)c1)C(C)(CC)N1CCCC1. The number of nitrogens with zero attached hydrogens (tertiary/aromatic N) is 2. The van der Waals surface area contributed by atoms with Gasteiger partial charge in [-0.05, 0) is 57.5 Å². The Hall–Kier alpha value is -1.13. The van der Waals surface area contributed by atoms with Gasteiger partial charge < -0.3 is 10.1 Å². The van der Waals surface area contributed by atoms with Crippen LogP contribution in [-0.4, -0.2) is 42.2 Å². The second kappa shape index (κ2) is 7.23. The van der Waals surface area contributed by atoms with E-state index in [0.29, 0.717) is 0 Å². The van der Waals surface area contributed by atoms with Crippen molar-refractivity contribution in [2.24, 2.45) is 0 Å². The quantitative estimate of drug-likeness (QED) is 0.838. The fourth-order valence-corrected chi connectivity index (χ4v) is 3.44. The maximum absolute atomic E-state index is 5.35. The summed E-state index contributed by atoms with van der Waals surface area (Å²) in [6.45, 7) is 10.2. The molecular formula is C17H29N3O. The van der Waals surface area contributed by atoms with Gasteiger partial charge in [-0.25, -0.2) is 0 Å². The van der Waals surface area contributed by atoms with Crippen molar-refractivity contribution < 1.29 is 4.74 Å². The second-order valence-corrected chi connectivity index (χ2v) is 6.05. The first-order valence-corrected chi connectivity index (χ1v) is 8.13. The molecule has 118 valence electrons. The summed E-state index contributed by atoms with van der Waals surface area (Å²) in [5.74, 6) is 0.829. The molecule has 1 aromatic rings. The number of likely N-dealkylation sites (N-methyl/N-ethyl adjacent to an activating group) is 1. The Balaban J connectivity index is 2.34. The van der Waals surface area contributed by atoms with Gasteiger partial charge in [0.05, 0.1) is 19.3 Å². The summed E-state index contributed by atoms with van der Waals surface area (Å²) in [7, 11) is 1.70. The van der Waals surface area contributed by atoms with Crippen molar-refractivity contribution in [2.45, 2.75) is 51.6 Å². The molecule has 1 fully saturated rings. The lowest BCUT2D eigenvalue weighted by Gasteiger charge is -2.45. The molecule has 1 N–H and O–H groups in total. The molecular weight excluding hydrogens is 262 g/mol. The monoisotopic (exact) mass is 291 g/mol. The van der Waals surface area contributed by atoms with E-state index in [-0.39, 0.29) is 11.6 Å². The van der Waals surface area contributed by atoms with E-state index in [4.69, 9.17) is 4.74 Å². The van der Waals surface area contributed by atoms with Gasteiger partial charge >= 0.3 is 0 Å². The molecule has 2 unspecified atom stereocenters. The van der Waals surface area contributed by atoms with E-state index < -0.39 is 0 Å². The zero-order valence-electron chi connectivity index (χ0n) is 13.9. The van der Waals surface area contributed by atoms with E-state index in [9.17, 15) is 0 Å². The number of aromatic nitrogens is 1. The largest absolute Gasteiger partial charge is 0.495 e. The van der Waals surface area contributed by atoms with Gasteiger partial charge in [-0.3, -0.25) is 9.88 Å². The smallest absolute Gasteiger partial charge is 0.137 e. The summed E-state index contributed by atoms with van der Waals surface area (Å²) in [4.78, 5) is 6.99. The summed E-state index contributed by atoms with van der Waals surface area (Å²) in [6, 6.07) is 2.39. The molecule has 0 radical (unpaired) electrons. The molecule has 0 aromatic carbocycles. The van der Waals surface area contributed by atoms with Gasteiger partial charge in [0.1, 0.15) is 5.75 Å². The molecule has 1 aliphatic heterocycles. The molecule has 2 heterocycles. The predicted octanol–water partition coefficient (Wildman–Crippen LogP) is 3.01. The van der Waals surface area contributed by atoms with E-state index in [0.717, 1.165) is 18.7 Å². The van der Waals surface area contributed by atoms with Crippen LogP contribution in [0.25, 0.3) is 0 Å². The number of methoxy groups -OCH3 is 1. The fraction of sp³-hybridized carbons (Fsp3) is 0.706. The van der Waals surface area contributed by atoms with E-state index in [1.54, 1.807) is 13.3 Å². The average molecular weight is 291 g/mol. The molecule has 0 saturated carbocycles. The van der Waals surface area contributed by atoms with Crippen molar-refractivity contribution in [1.82, 2.24) is 15.2 Å². The summed E-state index contributed by atoms with van der Waals surface area (Å²) in [5, 5.41) is 3.68. The van der Waals surface area contributed by atoms with Gasteiger partial charge in [-0.1, -0.05) is 13.8 Å². The first-order chi connectivity index (χ1) is 10.2. The maximum atomic E-state index is 5.35. The van der Waals surface area contributed by atoms with Crippen molar-refractivity contribution in [2.75, 3.05) is 26.7 Å². The Bertz CT molecular complexity index is 445. The molecule has 0 spiro atoms. The number of nitrogens with one attached hydrogen (secondary N) is 1. The normalized spacial score (nSPS) is 20.2. The fourth-order valence-electron chi connectivity index (χ4n) is 3.44. The van der Waals surface area contributed by atoms with Gasteiger partial charge in [0.2, 0.25) is 0 Å². The minimum Gasteiger partial charge on any atom is -0.495 e. The molecule has 2 atom stereocenters. The van der Waals surface area contributed by atoms with E-state index >= 15 is 0 Å². The van der Waals surface area contributed by atoms with Crippen molar-refractivity contribution in [1.29, 1.82) is 0 Å². The number of ether oxygens (including phenoxy) is 1. The average Bonchev–Trinajstić information content (AvgIpc) is 3.07. The molecule has 1 aliphatic rings. The molecule has 4 heteroatoms. The molecule has 0 aliphatic carbocycles. The van der Waals surface area contributed by atoms with Gasteiger partial charge in [-0.2, -0.15) is 0 Å². The van der Waals surface area contributed by atoms with Crippen molar-refractivity contribution in [3.05, 3.63) is 24.0 Å². The van der Waals surface area contributed by atoms with E-state index in [1.807, 2.05) is 6.20 Å². The van der Waals surface area contributed by atoms with Crippen LogP contribution in [0, 0.1) is 0 Å². The minimum atomic E-state index is 0.112. The highest BCUT2D eigenvalue weighted by molar-refractivity contribution is 5.28. The topological polar surface area (TPSA) is 37.4 Å². The zero-order chi connectivity index (χ0) is 15.3. The van der Waals surface area contributed by atoms with E-state index in [2.05, 4.69) is 42.0 Å². The summed E-state index contributed by atoms with van der Waals surface area (Å²) in [6.07, 6.45) is 7.48. The molecule has 2 rings (SSSR count). The van der Waals surface area contributed by atoms with Gasteiger partial charge in [0.25, 0.3) is 0 Å². The third kappa shape index (κ3) is 3.38. The van der Waals surface area contributed by atoms with Gasteiger partial charge in [0.15, 0.2) is 0 Å². The van der Waals surface area contributed by atoms with Gasteiger partial charge in [0, 0.05) is 11.7 Å². The third-order valence-corrected chi connectivity index (χ3v) is 4.88. The Kier molecular flexibility index (Phi) is 5.59. The molecule has 0 amide bonds. The highest BCUT2D eigenvalue weighted by Gasteiger charge is 2.40. The summed E-state index contributed by atoms with van der Waals surface area (Å²) < 4.78 is 5.35. The zero-order valence-corrected chi connectivity index (χ0v) is 13.9. The number of hydrogen-bond donors (Lipinski definition) is 1. The molecule has 1 aromatic heterocycles. The lowest BCUT2D eigenvalue weighted by atomic mass is 9.83. The Labute approximate surface area is 128 Å². The minimum absolute atomic E-state index is 0.112. The van der Waals surface area contributed by atoms with Crippen LogP contribution in [-0.2, 0) is 0 Å². The van der Waals surface area contributed by atoms with Crippen molar-refractivity contribution in [3.8, 4) is 5.75 Å². The van der Waals surface area contributed by atoms with Crippen LogP contribution in [0.15, 0.2) is 18.5 Å². The predicted molar refractivity (Wildman–Crippen MR) is 86.7 cm³/mol. The molecule has 4 nitrogen and oxygen atoms in total. The Morgan fingerprint density at radius 3 is 2.62 bits per heavy atom. The van der Waals surface area contributed by atoms with Crippen LogP contribution in [0.3, 0.4) is 0 Å². The van der Waals surface area contributed by atoms with Crippen LogP contribution in [0.2, 0.25) is 0 Å². The highest BCUT2D eigenvalue weighted by Crippen LogP contribution is 2.37. The number of pyridine rings is 1. The van der Waals surface area contributed by atoms with Gasteiger partial charge in [-0.15, -0.1) is 0 Å². The standard InChI is InChI=1S/C17H29N3O/c1-5-17(3,20-9-7-8-10-20)16(19-6-2)14-11-15(21-4)13-18-12-14/h11-13,16,19H,5-10H2,1-4H3. The Morgan fingerprint density at radius 1 is 1.33 bits per heavy atom. The van der Waals surface area contributed by atoms with Crippen LogP contribution in [0.5, 0.6) is 5.75 Å². The second-order valence-electron chi connectivity index (χ2n) is 6.05. The Morgan fingerprint density at radius 2 is 2.05 bits per heavy atom. The first-order valence-electron chi connectivity index (χ1n) is 8.13.